The summed E-state index contributed by atoms with van der Waals surface area (Å²) in [6.45, 7) is 12.3. The molecule has 10 atom stereocenters. The Kier molecular flexibility index (Phi) is 6.84. The van der Waals surface area contributed by atoms with Crippen molar-refractivity contribution in [1.82, 2.24) is 0 Å². The van der Waals surface area contributed by atoms with Crippen molar-refractivity contribution in [3.8, 4) is 0 Å². The van der Waals surface area contributed by atoms with E-state index in [1.807, 2.05) is 24.3 Å². The van der Waals surface area contributed by atoms with Crippen molar-refractivity contribution in [2.75, 3.05) is 5.32 Å². The Morgan fingerprint density at radius 1 is 0.949 bits per heavy atom. The van der Waals surface area contributed by atoms with Gasteiger partial charge in [-0.15, -0.1) is 0 Å². The van der Waals surface area contributed by atoms with Crippen LogP contribution in [0.1, 0.15) is 111 Å². The lowest BCUT2D eigenvalue weighted by molar-refractivity contribution is -0.171. The van der Waals surface area contributed by atoms with Gasteiger partial charge in [-0.2, -0.15) is 0 Å². The zero-order valence-electron chi connectivity index (χ0n) is 25.0. The Balaban J connectivity index is 1.24. The number of Topliss-reactive ketones (excluding diaryl/α,β-unsaturated/α-hetero) is 1. The summed E-state index contributed by atoms with van der Waals surface area (Å²) in [6.07, 6.45) is 12.9. The van der Waals surface area contributed by atoms with E-state index in [1.165, 1.54) is 51.4 Å². The van der Waals surface area contributed by atoms with E-state index in [0.717, 1.165) is 30.1 Å². The van der Waals surface area contributed by atoms with Crippen molar-refractivity contribution < 1.29 is 14.7 Å². The molecule has 4 heteroatoms. The van der Waals surface area contributed by atoms with Gasteiger partial charge in [0.25, 0.3) is 5.91 Å². The molecule has 1 aromatic carbocycles. The number of hydrogen-bond acceptors (Lipinski definition) is 3. The van der Waals surface area contributed by atoms with Crippen molar-refractivity contribution in [2.45, 2.75) is 111 Å². The van der Waals surface area contributed by atoms with Crippen LogP contribution in [-0.2, 0) is 15.2 Å². The van der Waals surface area contributed by atoms with Gasteiger partial charge in [-0.25, -0.2) is 0 Å². The van der Waals surface area contributed by atoms with Crippen LogP contribution in [-0.4, -0.2) is 16.8 Å². The zero-order valence-corrected chi connectivity index (χ0v) is 25.0. The Labute approximate surface area is 236 Å². The molecule has 214 valence electrons. The predicted octanol–water partition coefficient (Wildman–Crippen LogP) is 7.74. The van der Waals surface area contributed by atoms with Crippen LogP contribution in [0.4, 0.5) is 5.69 Å². The van der Waals surface area contributed by atoms with Crippen LogP contribution in [0.3, 0.4) is 0 Å². The molecule has 4 nitrogen and oxygen atoms in total. The quantitative estimate of drug-likeness (QED) is 0.393. The van der Waals surface area contributed by atoms with Gasteiger partial charge >= 0.3 is 0 Å². The van der Waals surface area contributed by atoms with Crippen LogP contribution in [0.5, 0.6) is 0 Å². The molecule has 4 aliphatic carbocycles. The third kappa shape index (κ3) is 4.09. The number of amides is 1. The van der Waals surface area contributed by atoms with Gasteiger partial charge in [0.05, 0.1) is 5.92 Å². The minimum absolute atomic E-state index is 0.00264. The van der Waals surface area contributed by atoms with Gasteiger partial charge in [-0.1, -0.05) is 72.1 Å². The van der Waals surface area contributed by atoms with Gasteiger partial charge in [0, 0.05) is 17.7 Å². The number of fused-ring (bicyclic) bond motifs is 6. The normalized spacial score (nSPS) is 43.9. The first-order valence-electron chi connectivity index (χ1n) is 16.2. The molecule has 0 radical (unpaired) electrons. The fraction of sp³-hybridized carbons (Fsp3) is 0.771. The van der Waals surface area contributed by atoms with Gasteiger partial charge in [0.2, 0.25) is 0 Å². The third-order valence-electron chi connectivity index (χ3n) is 13.2. The first kappa shape index (κ1) is 27.5. The van der Waals surface area contributed by atoms with Crippen molar-refractivity contribution in [3.63, 3.8) is 0 Å². The van der Waals surface area contributed by atoms with Gasteiger partial charge in [-0.3, -0.25) is 9.59 Å². The van der Waals surface area contributed by atoms with Crippen LogP contribution in [0.2, 0.25) is 0 Å². The molecule has 1 aromatic rings. The average Bonchev–Trinajstić information content (AvgIpc) is 3.38. The van der Waals surface area contributed by atoms with Gasteiger partial charge < -0.3 is 10.4 Å². The minimum atomic E-state index is -1.75. The van der Waals surface area contributed by atoms with E-state index in [2.05, 4.69) is 39.9 Å². The molecule has 1 amide bonds. The molecule has 0 spiro atoms. The van der Waals surface area contributed by atoms with Crippen LogP contribution >= 0.6 is 0 Å². The minimum Gasteiger partial charge on any atom is -0.375 e. The second-order valence-corrected chi connectivity index (χ2v) is 15.4. The van der Waals surface area contributed by atoms with Crippen LogP contribution in [0.25, 0.3) is 0 Å². The highest BCUT2D eigenvalue weighted by Crippen LogP contribution is 2.69. The van der Waals surface area contributed by atoms with E-state index in [0.29, 0.717) is 47.3 Å². The van der Waals surface area contributed by atoms with Crippen molar-refractivity contribution in [3.05, 3.63) is 29.8 Å². The van der Waals surface area contributed by atoms with Crippen molar-refractivity contribution in [1.29, 1.82) is 0 Å². The number of aliphatic hydroxyl groups is 1. The molecule has 0 bridgehead atoms. The topological polar surface area (TPSA) is 66.4 Å². The average molecular weight is 534 g/mol. The molecule has 0 aromatic heterocycles. The Morgan fingerprint density at radius 3 is 2.46 bits per heavy atom. The number of benzene rings is 1. The summed E-state index contributed by atoms with van der Waals surface area (Å²) in [5, 5.41) is 14.8. The number of nitrogens with one attached hydrogen (secondary N) is 1. The third-order valence-corrected chi connectivity index (χ3v) is 13.2. The van der Waals surface area contributed by atoms with Crippen molar-refractivity contribution >= 4 is 17.4 Å². The van der Waals surface area contributed by atoms with E-state index in [-0.39, 0.29) is 11.2 Å². The first-order valence-corrected chi connectivity index (χ1v) is 16.2. The number of carbonyl (C=O) groups is 2. The summed E-state index contributed by atoms with van der Waals surface area (Å²) in [4.78, 5) is 26.9. The highest BCUT2D eigenvalue weighted by molar-refractivity contribution is 6.08. The number of ketones is 1. The number of hydrogen-bond donors (Lipinski definition) is 2. The molecule has 4 fully saturated rings. The van der Waals surface area contributed by atoms with E-state index in [1.54, 1.807) is 0 Å². The number of anilines is 1. The molecular formula is C35H51NO3. The standard InChI is InChI=1S/C35H51NO3/c1-21(2)9-8-10-22(3)25-15-16-26-24-14-13-23-19-31(37)29(20-34(23,5)27(24)17-18-33(25,26)4)35(39)28-11-6-7-12-30(28)36-32(35)38/h6-7,11-12,21-27,29,39H,8-10,13-20H2,1-5H3,(H,36,38)/t22-,23+,24-,25+,26-,27-,29-,33+,34-,35+/m0/s1. The number of carbonyl (C=O) groups excluding carboxylic acids is 2. The Bertz CT molecular complexity index is 1130. The summed E-state index contributed by atoms with van der Waals surface area (Å²) < 4.78 is 0. The SMILES string of the molecule is CC(C)CCC[C@H](C)[C@H]1CC[C@H]2[C@@H]3CC[C@@H]4CC(=O)[C@@H]([C@@]5(O)C(=O)Nc6ccccc65)C[C@]4(C)[C@H]3CC[C@]12C. The summed E-state index contributed by atoms with van der Waals surface area (Å²) in [5.74, 6) is 3.89. The molecule has 1 heterocycles. The smallest absolute Gasteiger partial charge is 0.261 e. The number of para-hydroxylation sites is 1. The molecule has 39 heavy (non-hydrogen) atoms. The van der Waals surface area contributed by atoms with E-state index in [4.69, 9.17) is 0 Å². The maximum Gasteiger partial charge on any atom is 0.261 e. The fourth-order valence-electron chi connectivity index (χ4n) is 11.1. The van der Waals surface area contributed by atoms with Crippen LogP contribution in [0.15, 0.2) is 24.3 Å². The zero-order chi connectivity index (χ0) is 27.7. The second-order valence-electron chi connectivity index (χ2n) is 15.4. The number of rotatable bonds is 6. The van der Waals surface area contributed by atoms with E-state index >= 15 is 0 Å². The van der Waals surface area contributed by atoms with E-state index < -0.39 is 17.4 Å². The maximum absolute atomic E-state index is 13.6. The maximum atomic E-state index is 13.6. The lowest BCUT2D eigenvalue weighted by atomic mass is 9.43. The lowest BCUT2D eigenvalue weighted by Gasteiger charge is -2.62. The predicted molar refractivity (Wildman–Crippen MR) is 156 cm³/mol. The molecule has 1 aliphatic heterocycles. The fourth-order valence-corrected chi connectivity index (χ4v) is 11.1. The second kappa shape index (κ2) is 9.71. The van der Waals surface area contributed by atoms with Gasteiger partial charge in [0.1, 0.15) is 5.78 Å². The van der Waals surface area contributed by atoms with Gasteiger partial charge in [-0.05, 0) is 103 Å². The molecule has 4 saturated carbocycles. The largest absolute Gasteiger partial charge is 0.375 e. The molecule has 0 unspecified atom stereocenters. The molecule has 2 N–H and O–H groups in total. The van der Waals surface area contributed by atoms with E-state index in [9.17, 15) is 14.7 Å². The van der Waals surface area contributed by atoms with Crippen LogP contribution < -0.4 is 5.32 Å². The molecule has 5 aliphatic rings. The lowest BCUT2D eigenvalue weighted by Crippen LogP contribution is -2.58. The first-order chi connectivity index (χ1) is 18.5. The monoisotopic (exact) mass is 533 g/mol. The summed E-state index contributed by atoms with van der Waals surface area (Å²) in [5.41, 5.74) is -0.0731. The Morgan fingerprint density at radius 2 is 1.69 bits per heavy atom. The molecule has 0 saturated heterocycles. The molecular weight excluding hydrogens is 482 g/mol. The summed E-state index contributed by atoms with van der Waals surface area (Å²) in [7, 11) is 0. The Hall–Kier alpha value is -1.68. The highest BCUT2D eigenvalue weighted by atomic mass is 16.3. The summed E-state index contributed by atoms with van der Waals surface area (Å²) >= 11 is 0. The van der Waals surface area contributed by atoms with Gasteiger partial charge in [0.15, 0.2) is 5.60 Å². The summed E-state index contributed by atoms with van der Waals surface area (Å²) in [6, 6.07) is 7.39. The van der Waals surface area contributed by atoms with Crippen molar-refractivity contribution in [2.24, 2.45) is 58.2 Å². The molecule has 6 rings (SSSR count). The highest BCUT2D eigenvalue weighted by Gasteiger charge is 2.64. The van der Waals surface area contributed by atoms with Crippen LogP contribution in [0, 0.1) is 58.2 Å².